The van der Waals surface area contributed by atoms with Gasteiger partial charge >= 0.3 is 5.97 Å². The molecule has 0 aromatic rings. The van der Waals surface area contributed by atoms with Gasteiger partial charge in [-0.3, -0.25) is 9.59 Å². The number of carbonyl (C=O) groups is 2. The lowest BCUT2D eigenvalue weighted by molar-refractivity contribution is -0.147. The molecule has 2 aliphatic rings. The highest BCUT2D eigenvalue weighted by molar-refractivity contribution is 5.80. The number of Topliss-reactive ketones (excluding diaryl/α,β-unsaturated/α-hetero) is 1. The van der Waals surface area contributed by atoms with E-state index in [1.54, 1.807) is 0 Å². The number of carbonyl (C=O) groups excluding carboxylic acids is 2. The molecule has 2 rings (SSSR count). The van der Waals surface area contributed by atoms with Gasteiger partial charge in [-0.25, -0.2) is 0 Å². The Morgan fingerprint density at radius 2 is 2.12 bits per heavy atom. The van der Waals surface area contributed by atoms with Crippen molar-refractivity contribution in [2.45, 2.75) is 83.9 Å². The van der Waals surface area contributed by atoms with Crippen LogP contribution < -0.4 is 0 Å². The maximum Gasteiger partial charge on any atom is 0.306 e. The second-order valence-electron chi connectivity index (χ2n) is 7.07. The summed E-state index contributed by atoms with van der Waals surface area (Å²) in [7, 11) is 0. The fourth-order valence-corrected chi connectivity index (χ4v) is 3.06. The smallest absolute Gasteiger partial charge is 0.306 e. The van der Waals surface area contributed by atoms with E-state index in [0.29, 0.717) is 25.7 Å². The standard InChI is InChI=1S/C20H30O6/c1-4-13(2)17-9-8-14(3)18(26-20-11-16(22)12-24-20)10-15(21)6-5-7-19(23)25-17/h4,8,16-18,20,22H,5-7,9-12H2,1-3H3/b13-4-,14-8+. The van der Waals surface area contributed by atoms with Gasteiger partial charge in [-0.15, -0.1) is 0 Å². The number of aliphatic hydroxyl groups is 1. The molecule has 1 N–H and O–H groups in total. The highest BCUT2D eigenvalue weighted by Gasteiger charge is 2.29. The second kappa shape index (κ2) is 10.00. The quantitative estimate of drug-likeness (QED) is 0.611. The predicted octanol–water partition coefficient (Wildman–Crippen LogP) is 2.84. The number of aliphatic hydroxyl groups excluding tert-OH is 1. The first kappa shape index (κ1) is 20.8. The molecule has 0 aromatic heterocycles. The van der Waals surface area contributed by atoms with E-state index in [-0.39, 0.29) is 43.4 Å². The van der Waals surface area contributed by atoms with Crippen molar-refractivity contribution in [3.8, 4) is 0 Å². The molecule has 0 aromatic carbocycles. The molecule has 1 saturated heterocycles. The summed E-state index contributed by atoms with van der Waals surface area (Å²) >= 11 is 0. The first-order chi connectivity index (χ1) is 12.4. The molecule has 26 heavy (non-hydrogen) atoms. The number of hydrogen-bond donors (Lipinski definition) is 1. The van der Waals surface area contributed by atoms with Crippen LogP contribution in [-0.2, 0) is 23.8 Å². The summed E-state index contributed by atoms with van der Waals surface area (Å²) in [5.41, 5.74) is 1.91. The summed E-state index contributed by atoms with van der Waals surface area (Å²) in [6.45, 7) is 6.03. The Kier molecular flexibility index (Phi) is 8.00. The Bertz CT molecular complexity index is 565. The van der Waals surface area contributed by atoms with E-state index in [0.717, 1.165) is 11.1 Å². The molecule has 0 radical (unpaired) electrons. The third-order valence-electron chi connectivity index (χ3n) is 4.90. The number of ether oxygens (including phenoxy) is 3. The zero-order valence-electron chi connectivity index (χ0n) is 15.9. The maximum atomic E-state index is 12.3. The van der Waals surface area contributed by atoms with Crippen LogP contribution in [0.15, 0.2) is 23.3 Å². The van der Waals surface area contributed by atoms with Gasteiger partial charge in [-0.1, -0.05) is 12.2 Å². The van der Waals surface area contributed by atoms with Crippen LogP contribution in [0.4, 0.5) is 0 Å². The Balaban J connectivity index is 2.15. The van der Waals surface area contributed by atoms with Crippen LogP contribution in [0, 0.1) is 0 Å². The molecule has 4 atom stereocenters. The van der Waals surface area contributed by atoms with Crippen molar-refractivity contribution < 1.29 is 28.9 Å². The zero-order valence-corrected chi connectivity index (χ0v) is 15.9. The van der Waals surface area contributed by atoms with Crippen molar-refractivity contribution in [3.63, 3.8) is 0 Å². The number of cyclic esters (lactones) is 1. The van der Waals surface area contributed by atoms with Gasteiger partial charge in [-0.05, 0) is 38.3 Å². The van der Waals surface area contributed by atoms with Gasteiger partial charge in [0.05, 0.1) is 18.8 Å². The molecule has 2 aliphatic heterocycles. The number of ketones is 1. The van der Waals surface area contributed by atoms with E-state index in [9.17, 15) is 14.7 Å². The first-order valence-electron chi connectivity index (χ1n) is 9.34. The molecule has 146 valence electrons. The summed E-state index contributed by atoms with van der Waals surface area (Å²) in [5, 5.41) is 9.60. The monoisotopic (exact) mass is 366 g/mol. The van der Waals surface area contributed by atoms with E-state index in [4.69, 9.17) is 14.2 Å². The second-order valence-corrected chi connectivity index (χ2v) is 7.07. The summed E-state index contributed by atoms with van der Waals surface area (Å²) in [4.78, 5) is 24.3. The first-order valence-corrected chi connectivity index (χ1v) is 9.34. The van der Waals surface area contributed by atoms with Crippen molar-refractivity contribution in [2.24, 2.45) is 0 Å². The average molecular weight is 366 g/mol. The van der Waals surface area contributed by atoms with Crippen LogP contribution in [0.25, 0.3) is 0 Å². The van der Waals surface area contributed by atoms with E-state index >= 15 is 0 Å². The lowest BCUT2D eigenvalue weighted by Crippen LogP contribution is -2.27. The third kappa shape index (κ3) is 6.34. The number of esters is 1. The van der Waals surface area contributed by atoms with E-state index in [1.807, 2.05) is 32.9 Å². The highest BCUT2D eigenvalue weighted by atomic mass is 16.7. The molecule has 6 heteroatoms. The Morgan fingerprint density at radius 1 is 1.35 bits per heavy atom. The van der Waals surface area contributed by atoms with E-state index in [2.05, 4.69) is 0 Å². The molecule has 4 unspecified atom stereocenters. The molecule has 0 aliphatic carbocycles. The van der Waals surface area contributed by atoms with Crippen LogP contribution >= 0.6 is 0 Å². The van der Waals surface area contributed by atoms with Crippen molar-refractivity contribution in [1.29, 1.82) is 0 Å². The fraction of sp³-hybridized carbons (Fsp3) is 0.700. The number of rotatable bonds is 3. The largest absolute Gasteiger partial charge is 0.458 e. The van der Waals surface area contributed by atoms with Gasteiger partial charge in [0.15, 0.2) is 6.29 Å². The van der Waals surface area contributed by atoms with Gasteiger partial charge in [0, 0.05) is 32.1 Å². The topological polar surface area (TPSA) is 82.1 Å². The van der Waals surface area contributed by atoms with Crippen LogP contribution in [0.5, 0.6) is 0 Å². The van der Waals surface area contributed by atoms with Gasteiger partial charge < -0.3 is 19.3 Å². The van der Waals surface area contributed by atoms with Gasteiger partial charge in [0.2, 0.25) is 0 Å². The lowest BCUT2D eigenvalue weighted by Gasteiger charge is -2.24. The summed E-state index contributed by atoms with van der Waals surface area (Å²) < 4.78 is 17.0. The highest BCUT2D eigenvalue weighted by Crippen LogP contribution is 2.24. The average Bonchev–Trinajstić information content (AvgIpc) is 3.01. The van der Waals surface area contributed by atoms with Crippen molar-refractivity contribution in [2.75, 3.05) is 6.61 Å². The van der Waals surface area contributed by atoms with Gasteiger partial charge in [-0.2, -0.15) is 0 Å². The SMILES string of the molecule is C/C=C(/C)C1C/C=C(\C)C(OC2CC(O)CO2)CC(=O)CCCC(=O)O1. The number of hydrogen-bond acceptors (Lipinski definition) is 6. The van der Waals surface area contributed by atoms with Gasteiger partial charge in [0.25, 0.3) is 0 Å². The van der Waals surface area contributed by atoms with E-state index in [1.165, 1.54) is 0 Å². The molecular formula is C20H30O6. The van der Waals surface area contributed by atoms with Crippen molar-refractivity contribution >= 4 is 11.8 Å². The predicted molar refractivity (Wildman–Crippen MR) is 96.4 cm³/mol. The van der Waals surface area contributed by atoms with Crippen LogP contribution in [-0.4, -0.2) is 48.1 Å². The normalized spacial score (nSPS) is 34.5. The minimum atomic E-state index is -0.521. The molecule has 1 fully saturated rings. The summed E-state index contributed by atoms with van der Waals surface area (Å²) in [6.07, 6.45) is 4.45. The maximum absolute atomic E-state index is 12.3. The van der Waals surface area contributed by atoms with Crippen molar-refractivity contribution in [1.82, 2.24) is 0 Å². The molecule has 0 spiro atoms. The molecule has 6 nitrogen and oxygen atoms in total. The minimum Gasteiger partial charge on any atom is -0.458 e. The summed E-state index contributed by atoms with van der Waals surface area (Å²) in [5.74, 6) is -0.215. The Morgan fingerprint density at radius 3 is 2.77 bits per heavy atom. The number of allylic oxidation sites excluding steroid dienone is 1. The van der Waals surface area contributed by atoms with Gasteiger partial charge in [0.1, 0.15) is 11.9 Å². The van der Waals surface area contributed by atoms with Crippen LogP contribution in [0.2, 0.25) is 0 Å². The van der Waals surface area contributed by atoms with Crippen LogP contribution in [0.1, 0.15) is 59.3 Å². The zero-order chi connectivity index (χ0) is 19.1. The summed E-state index contributed by atoms with van der Waals surface area (Å²) in [6, 6.07) is 0. The van der Waals surface area contributed by atoms with Crippen molar-refractivity contribution in [3.05, 3.63) is 23.3 Å². The molecular weight excluding hydrogens is 336 g/mol. The van der Waals surface area contributed by atoms with E-state index < -0.39 is 12.4 Å². The molecule has 0 bridgehead atoms. The molecule has 0 amide bonds. The Hall–Kier alpha value is -1.50. The molecule has 0 saturated carbocycles. The lowest BCUT2D eigenvalue weighted by atomic mass is 9.98. The minimum absolute atomic E-state index is 0.0517. The third-order valence-corrected chi connectivity index (χ3v) is 4.90. The Labute approximate surface area is 155 Å². The molecule has 2 heterocycles. The van der Waals surface area contributed by atoms with Crippen LogP contribution in [0.3, 0.4) is 0 Å². The fourth-order valence-electron chi connectivity index (χ4n) is 3.06.